The van der Waals surface area contributed by atoms with E-state index in [0.717, 1.165) is 2.88 Å². The Morgan fingerprint density at radius 2 is 2.12 bits per heavy atom. The number of ketones is 1. The lowest BCUT2D eigenvalue weighted by Gasteiger charge is -2.05. The molecule has 0 N–H and O–H groups in total. The topological polar surface area (TPSA) is 26.3 Å². The van der Waals surface area contributed by atoms with Crippen LogP contribution in [0.25, 0.3) is 0 Å². The third kappa shape index (κ3) is 2.81. The van der Waals surface area contributed by atoms with Gasteiger partial charge in [0.05, 0.1) is 15.0 Å². The summed E-state index contributed by atoms with van der Waals surface area (Å²) in [5, 5.41) is 2.36. The van der Waals surface area contributed by atoms with Gasteiger partial charge in [-0.05, 0) is 46.9 Å². The van der Waals surface area contributed by atoms with Gasteiger partial charge in [0.1, 0.15) is 5.75 Å². The lowest BCUT2D eigenvalue weighted by molar-refractivity contribution is 0.103. The molecule has 2 rings (SSSR count). The van der Waals surface area contributed by atoms with Crippen molar-refractivity contribution in [3.63, 3.8) is 0 Å². The first kappa shape index (κ1) is 12.9. The van der Waals surface area contributed by atoms with Crippen molar-refractivity contribution in [2.24, 2.45) is 0 Å². The molecule has 0 atom stereocenters. The predicted molar refractivity (Wildman–Crippen MR) is 78.5 cm³/mol. The van der Waals surface area contributed by atoms with E-state index in [0.29, 0.717) is 21.9 Å². The van der Waals surface area contributed by atoms with Gasteiger partial charge in [-0.25, -0.2) is 0 Å². The summed E-state index contributed by atoms with van der Waals surface area (Å²) in [5.41, 5.74) is 1.28. The quantitative estimate of drug-likeness (QED) is 0.590. The maximum Gasteiger partial charge on any atom is 0.194 e. The number of halogens is 2. The highest BCUT2D eigenvalue weighted by Gasteiger charge is 2.13. The van der Waals surface area contributed by atoms with Gasteiger partial charge >= 0.3 is 0 Å². The molecular weight excluding hydrogens is 371 g/mol. The molecule has 1 aromatic carbocycles. The number of carbonyl (C=O) groups excluding carboxylic acids is 1. The predicted octanol–water partition coefficient (Wildman–Crippen LogP) is 4.25. The Bertz CT molecular complexity index is 565. The van der Waals surface area contributed by atoms with Crippen molar-refractivity contribution in [3.8, 4) is 5.75 Å². The molecule has 0 radical (unpaired) electrons. The van der Waals surface area contributed by atoms with Crippen molar-refractivity contribution in [3.05, 3.63) is 48.7 Å². The lowest BCUT2D eigenvalue weighted by atomic mass is 10.1. The van der Waals surface area contributed by atoms with Gasteiger partial charge in [-0.3, -0.25) is 4.79 Å². The van der Waals surface area contributed by atoms with Crippen molar-refractivity contribution in [1.29, 1.82) is 0 Å². The number of hydrogen-bond donors (Lipinski definition) is 0. The van der Waals surface area contributed by atoms with E-state index in [-0.39, 0.29) is 5.78 Å². The van der Waals surface area contributed by atoms with Crippen molar-refractivity contribution in [2.75, 3.05) is 7.11 Å². The molecule has 88 valence electrons. The van der Waals surface area contributed by atoms with Gasteiger partial charge in [0.15, 0.2) is 5.78 Å². The number of carbonyl (C=O) groups is 1. The molecule has 0 spiro atoms. The molecule has 0 aliphatic carbocycles. The van der Waals surface area contributed by atoms with E-state index in [1.165, 1.54) is 7.11 Å². The second kappa shape index (κ2) is 5.37. The van der Waals surface area contributed by atoms with Crippen LogP contribution in [-0.2, 0) is 0 Å². The summed E-state index contributed by atoms with van der Waals surface area (Å²) in [6.45, 7) is 0. The molecular formula is C12H8ClIO2S. The summed E-state index contributed by atoms with van der Waals surface area (Å²) in [4.78, 5) is 12.1. The molecule has 17 heavy (non-hydrogen) atoms. The molecule has 0 saturated heterocycles. The van der Waals surface area contributed by atoms with Crippen LogP contribution < -0.4 is 4.74 Å². The normalized spacial score (nSPS) is 10.3. The van der Waals surface area contributed by atoms with E-state index in [1.807, 2.05) is 11.4 Å². The van der Waals surface area contributed by atoms with E-state index >= 15 is 0 Å². The summed E-state index contributed by atoms with van der Waals surface area (Å²) in [6.07, 6.45) is 0. The molecule has 0 saturated carbocycles. The van der Waals surface area contributed by atoms with Crippen LogP contribution in [0, 0.1) is 2.88 Å². The van der Waals surface area contributed by atoms with Crippen LogP contribution in [0.4, 0.5) is 0 Å². The monoisotopic (exact) mass is 378 g/mol. The Balaban J connectivity index is 2.37. The Labute approximate surface area is 122 Å². The van der Waals surface area contributed by atoms with Crippen molar-refractivity contribution in [1.82, 2.24) is 0 Å². The molecule has 0 amide bonds. The molecule has 0 aliphatic rings. The number of rotatable bonds is 3. The fourth-order valence-corrected chi connectivity index (χ4v) is 2.92. The Morgan fingerprint density at radius 1 is 1.35 bits per heavy atom. The van der Waals surface area contributed by atoms with Crippen molar-refractivity contribution >= 4 is 51.3 Å². The lowest BCUT2D eigenvalue weighted by Crippen LogP contribution is -2.00. The molecule has 0 bridgehead atoms. The molecule has 1 heterocycles. The fraction of sp³-hybridized carbons (Fsp3) is 0.0833. The van der Waals surface area contributed by atoms with Crippen molar-refractivity contribution in [2.45, 2.75) is 0 Å². The van der Waals surface area contributed by atoms with Crippen LogP contribution in [0.5, 0.6) is 5.75 Å². The SMILES string of the molecule is COc1cc(C(=O)c2csc(I)c2)ccc1Cl. The van der Waals surface area contributed by atoms with Crippen LogP contribution >= 0.6 is 45.5 Å². The van der Waals surface area contributed by atoms with Gasteiger partial charge < -0.3 is 4.74 Å². The minimum absolute atomic E-state index is 0.0147. The first-order chi connectivity index (χ1) is 8.11. The largest absolute Gasteiger partial charge is 0.495 e. The van der Waals surface area contributed by atoms with Crippen LogP contribution in [0.2, 0.25) is 5.02 Å². The van der Waals surface area contributed by atoms with Crippen LogP contribution in [0.1, 0.15) is 15.9 Å². The maximum absolute atomic E-state index is 12.1. The number of benzene rings is 1. The first-order valence-corrected chi connectivity index (χ1v) is 7.07. The average molecular weight is 379 g/mol. The second-order valence-corrected chi connectivity index (χ2v) is 6.53. The zero-order valence-corrected chi connectivity index (χ0v) is 12.6. The summed E-state index contributed by atoms with van der Waals surface area (Å²) in [6, 6.07) is 6.91. The van der Waals surface area contributed by atoms with Crippen LogP contribution in [0.15, 0.2) is 29.6 Å². The van der Waals surface area contributed by atoms with E-state index in [1.54, 1.807) is 29.5 Å². The standard InChI is InChI=1S/C12H8ClIO2S/c1-16-10-4-7(2-3-9(10)13)12(15)8-5-11(14)17-6-8/h2-6H,1H3. The first-order valence-electron chi connectivity index (χ1n) is 4.74. The van der Waals surface area contributed by atoms with Gasteiger partial charge in [-0.2, -0.15) is 0 Å². The number of hydrogen-bond acceptors (Lipinski definition) is 3. The summed E-state index contributed by atoms with van der Waals surface area (Å²) in [5.74, 6) is 0.501. The molecule has 0 unspecified atom stereocenters. The third-order valence-corrected chi connectivity index (χ3v) is 4.34. The average Bonchev–Trinajstić information content (AvgIpc) is 2.75. The van der Waals surface area contributed by atoms with E-state index in [2.05, 4.69) is 22.6 Å². The summed E-state index contributed by atoms with van der Waals surface area (Å²) < 4.78 is 6.18. The zero-order valence-electron chi connectivity index (χ0n) is 8.87. The summed E-state index contributed by atoms with van der Waals surface area (Å²) >= 11 is 9.66. The van der Waals surface area contributed by atoms with Gasteiger partial charge in [-0.1, -0.05) is 11.6 Å². The van der Waals surface area contributed by atoms with Gasteiger partial charge in [0.2, 0.25) is 0 Å². The smallest absolute Gasteiger partial charge is 0.194 e. The minimum atomic E-state index is -0.0147. The molecule has 0 fully saturated rings. The minimum Gasteiger partial charge on any atom is -0.495 e. The fourth-order valence-electron chi connectivity index (χ4n) is 1.40. The highest BCUT2D eigenvalue weighted by molar-refractivity contribution is 14.1. The Kier molecular flexibility index (Phi) is 4.06. The Hall–Kier alpha value is -0.590. The van der Waals surface area contributed by atoms with Gasteiger partial charge in [0, 0.05) is 16.5 Å². The van der Waals surface area contributed by atoms with E-state index in [9.17, 15) is 4.79 Å². The van der Waals surface area contributed by atoms with Gasteiger partial charge in [0.25, 0.3) is 0 Å². The maximum atomic E-state index is 12.1. The van der Waals surface area contributed by atoms with Crippen molar-refractivity contribution < 1.29 is 9.53 Å². The molecule has 5 heteroatoms. The second-order valence-electron chi connectivity index (χ2n) is 3.32. The molecule has 1 aromatic heterocycles. The van der Waals surface area contributed by atoms with E-state index < -0.39 is 0 Å². The van der Waals surface area contributed by atoms with E-state index in [4.69, 9.17) is 16.3 Å². The highest BCUT2D eigenvalue weighted by atomic mass is 127. The number of thiophene rings is 1. The highest BCUT2D eigenvalue weighted by Crippen LogP contribution is 2.27. The zero-order chi connectivity index (χ0) is 12.4. The molecule has 2 nitrogen and oxygen atoms in total. The Morgan fingerprint density at radius 3 is 2.71 bits per heavy atom. The molecule has 0 aliphatic heterocycles. The third-order valence-electron chi connectivity index (χ3n) is 2.24. The van der Waals surface area contributed by atoms with Gasteiger partial charge in [-0.15, -0.1) is 11.3 Å². The molecule has 2 aromatic rings. The number of methoxy groups -OCH3 is 1. The van der Waals surface area contributed by atoms with Crippen LogP contribution in [0.3, 0.4) is 0 Å². The van der Waals surface area contributed by atoms with Crippen LogP contribution in [-0.4, -0.2) is 12.9 Å². The summed E-state index contributed by atoms with van der Waals surface area (Å²) in [7, 11) is 1.53. The number of ether oxygens (including phenoxy) is 1.